The van der Waals surface area contributed by atoms with Crippen LogP contribution in [0.3, 0.4) is 0 Å². The lowest BCUT2D eigenvalue weighted by molar-refractivity contribution is -0.159. The molecule has 2 amide bonds. The van der Waals surface area contributed by atoms with Crippen molar-refractivity contribution in [3.63, 3.8) is 0 Å². The van der Waals surface area contributed by atoms with E-state index in [2.05, 4.69) is 25.7 Å². The zero-order valence-corrected chi connectivity index (χ0v) is 21.7. The molecule has 1 unspecified atom stereocenters. The highest BCUT2D eigenvalue weighted by Crippen LogP contribution is 2.38. The summed E-state index contributed by atoms with van der Waals surface area (Å²) >= 11 is 0. The summed E-state index contributed by atoms with van der Waals surface area (Å²) in [5.74, 6) is -1.38. The summed E-state index contributed by atoms with van der Waals surface area (Å²) in [7, 11) is 0. The van der Waals surface area contributed by atoms with Gasteiger partial charge in [-0.1, -0.05) is 33.3 Å². The SMILES string of the molecule is CC(C)(C)C1(N(CCCN2CCCCC2)C(=O)O)NN=C(c2ccc(NC(=O)c3ccccn3)cc2)O1. The number of amides is 2. The van der Waals surface area contributed by atoms with Gasteiger partial charge in [-0.3, -0.25) is 14.7 Å². The number of pyridine rings is 1. The normalized spacial score (nSPS) is 19.9. The minimum absolute atomic E-state index is 0.291. The summed E-state index contributed by atoms with van der Waals surface area (Å²) in [6.45, 7) is 9.08. The van der Waals surface area contributed by atoms with E-state index in [1.54, 1.807) is 48.7 Å². The Morgan fingerprint density at radius 2 is 1.86 bits per heavy atom. The first kappa shape index (κ1) is 26.4. The van der Waals surface area contributed by atoms with E-state index in [4.69, 9.17) is 4.74 Å². The van der Waals surface area contributed by atoms with E-state index in [0.29, 0.717) is 35.8 Å². The van der Waals surface area contributed by atoms with E-state index in [1.807, 2.05) is 20.8 Å². The molecule has 3 heterocycles. The van der Waals surface area contributed by atoms with Crippen molar-refractivity contribution in [2.75, 3.05) is 31.5 Å². The lowest BCUT2D eigenvalue weighted by atomic mass is 9.88. The topological polar surface area (TPSA) is 119 Å². The molecule has 10 heteroatoms. The number of hydrogen-bond donors (Lipinski definition) is 3. The number of rotatable bonds is 8. The van der Waals surface area contributed by atoms with Crippen molar-refractivity contribution in [3.05, 3.63) is 59.9 Å². The number of hydrazone groups is 1. The van der Waals surface area contributed by atoms with Crippen molar-refractivity contribution in [3.8, 4) is 0 Å². The van der Waals surface area contributed by atoms with Crippen LogP contribution in [0.15, 0.2) is 53.8 Å². The molecule has 1 atom stereocenters. The van der Waals surface area contributed by atoms with E-state index < -0.39 is 17.4 Å². The Hall–Kier alpha value is -3.66. The fourth-order valence-corrected chi connectivity index (χ4v) is 4.69. The third-order valence-corrected chi connectivity index (χ3v) is 6.77. The van der Waals surface area contributed by atoms with Gasteiger partial charge in [-0.05, 0) is 75.3 Å². The van der Waals surface area contributed by atoms with Crippen LogP contribution in [0.1, 0.15) is 62.5 Å². The molecule has 0 saturated carbocycles. The van der Waals surface area contributed by atoms with Crippen LogP contribution in [0.25, 0.3) is 0 Å². The van der Waals surface area contributed by atoms with Gasteiger partial charge in [0.15, 0.2) is 0 Å². The molecule has 1 saturated heterocycles. The second-order valence-corrected chi connectivity index (χ2v) is 10.5. The Bertz CT molecular complexity index is 1110. The third kappa shape index (κ3) is 6.02. The number of likely N-dealkylation sites (tertiary alicyclic amines) is 1. The van der Waals surface area contributed by atoms with Crippen molar-refractivity contribution >= 4 is 23.6 Å². The first-order valence-corrected chi connectivity index (χ1v) is 12.8. The number of nitrogens with one attached hydrogen (secondary N) is 2. The van der Waals surface area contributed by atoms with Crippen molar-refractivity contribution in [2.24, 2.45) is 10.5 Å². The molecular formula is C27H36N6O4. The standard InChI is InChI=1S/C27H36N6O4/c1-26(2,3)27(33(25(35)36)19-9-18-32-16-7-4-8-17-32)31-30-24(37-27)20-11-13-21(14-12-20)29-23(34)22-10-5-6-15-28-22/h5-6,10-15,31H,4,7-9,16-19H2,1-3H3,(H,29,34)(H,35,36). The average molecular weight is 509 g/mol. The van der Waals surface area contributed by atoms with Crippen LogP contribution >= 0.6 is 0 Å². The van der Waals surface area contributed by atoms with Crippen molar-refractivity contribution in [2.45, 2.75) is 52.3 Å². The second-order valence-electron chi connectivity index (χ2n) is 10.5. The van der Waals surface area contributed by atoms with Crippen molar-refractivity contribution < 1.29 is 19.4 Å². The Morgan fingerprint density at radius 1 is 1.14 bits per heavy atom. The number of nitrogens with zero attached hydrogens (tertiary/aromatic N) is 4. The second kappa shape index (κ2) is 11.2. The van der Waals surface area contributed by atoms with Crippen LogP contribution in [-0.4, -0.2) is 69.8 Å². The molecule has 0 spiro atoms. The van der Waals surface area contributed by atoms with Crippen LogP contribution in [0.4, 0.5) is 10.5 Å². The first-order chi connectivity index (χ1) is 17.7. The number of piperidine rings is 1. The van der Waals surface area contributed by atoms with Gasteiger partial charge < -0.3 is 20.1 Å². The fourth-order valence-electron chi connectivity index (χ4n) is 4.69. The Morgan fingerprint density at radius 3 is 2.49 bits per heavy atom. The van der Waals surface area contributed by atoms with E-state index in [0.717, 1.165) is 19.6 Å². The molecule has 2 aliphatic rings. The summed E-state index contributed by atoms with van der Waals surface area (Å²) in [6.07, 6.45) is 4.86. The number of aromatic nitrogens is 1. The summed E-state index contributed by atoms with van der Waals surface area (Å²) in [4.78, 5) is 32.6. The van der Waals surface area contributed by atoms with E-state index in [1.165, 1.54) is 24.2 Å². The van der Waals surface area contributed by atoms with Gasteiger partial charge in [-0.15, -0.1) is 5.10 Å². The predicted octanol–water partition coefficient (Wildman–Crippen LogP) is 4.17. The van der Waals surface area contributed by atoms with Crippen molar-refractivity contribution in [1.29, 1.82) is 0 Å². The molecule has 4 rings (SSSR count). The largest absolute Gasteiger partial charge is 0.465 e. The molecule has 2 aliphatic heterocycles. The highest BCUT2D eigenvalue weighted by atomic mass is 16.6. The van der Waals surface area contributed by atoms with Crippen LogP contribution in [0, 0.1) is 5.41 Å². The van der Waals surface area contributed by atoms with E-state index >= 15 is 0 Å². The van der Waals surface area contributed by atoms with Crippen LogP contribution in [0.2, 0.25) is 0 Å². The maximum absolute atomic E-state index is 12.4. The van der Waals surface area contributed by atoms with Gasteiger partial charge in [0.2, 0.25) is 5.90 Å². The number of carbonyl (C=O) groups excluding carboxylic acids is 1. The van der Waals surface area contributed by atoms with Crippen LogP contribution < -0.4 is 10.7 Å². The number of ether oxygens (including phenoxy) is 1. The molecule has 0 radical (unpaired) electrons. The zero-order chi connectivity index (χ0) is 26.5. The quantitative estimate of drug-likeness (QED) is 0.490. The van der Waals surface area contributed by atoms with Gasteiger partial charge in [0, 0.05) is 29.4 Å². The molecule has 37 heavy (non-hydrogen) atoms. The maximum Gasteiger partial charge on any atom is 0.411 e. The zero-order valence-electron chi connectivity index (χ0n) is 21.7. The first-order valence-electron chi connectivity index (χ1n) is 12.8. The predicted molar refractivity (Wildman–Crippen MR) is 141 cm³/mol. The summed E-state index contributed by atoms with van der Waals surface area (Å²) in [5, 5.41) is 17.4. The maximum atomic E-state index is 12.4. The molecule has 1 aromatic carbocycles. The monoisotopic (exact) mass is 508 g/mol. The minimum Gasteiger partial charge on any atom is -0.465 e. The fraction of sp³-hybridized carbons (Fsp3) is 0.481. The number of carbonyl (C=O) groups is 2. The molecule has 0 aliphatic carbocycles. The number of benzene rings is 1. The molecule has 198 valence electrons. The number of anilines is 1. The van der Waals surface area contributed by atoms with Gasteiger partial charge in [-0.2, -0.15) is 0 Å². The summed E-state index contributed by atoms with van der Waals surface area (Å²) in [5.41, 5.74) is 3.97. The molecule has 3 N–H and O–H groups in total. The molecule has 1 aromatic heterocycles. The molecule has 0 bridgehead atoms. The van der Waals surface area contributed by atoms with Crippen molar-refractivity contribution in [1.82, 2.24) is 20.2 Å². The number of carboxylic acid groups (broad SMARTS) is 1. The minimum atomic E-state index is -1.36. The van der Waals surface area contributed by atoms with Gasteiger partial charge >= 0.3 is 6.09 Å². The molecular weight excluding hydrogens is 472 g/mol. The summed E-state index contributed by atoms with van der Waals surface area (Å²) in [6, 6.07) is 12.2. The Kier molecular flexibility index (Phi) is 7.97. The smallest absolute Gasteiger partial charge is 0.411 e. The molecule has 2 aromatic rings. The highest BCUT2D eigenvalue weighted by molar-refractivity contribution is 6.03. The van der Waals surface area contributed by atoms with Gasteiger partial charge in [-0.25, -0.2) is 10.2 Å². The third-order valence-electron chi connectivity index (χ3n) is 6.77. The van der Waals surface area contributed by atoms with Gasteiger partial charge in [0.05, 0.1) is 0 Å². The average Bonchev–Trinajstić information content (AvgIpc) is 3.35. The van der Waals surface area contributed by atoms with E-state index in [-0.39, 0.29) is 5.91 Å². The Labute approximate surface area is 217 Å². The van der Waals surface area contributed by atoms with Gasteiger partial charge in [0.25, 0.3) is 11.8 Å². The van der Waals surface area contributed by atoms with Crippen LogP contribution in [0.5, 0.6) is 0 Å². The molecule has 1 fully saturated rings. The molecule has 10 nitrogen and oxygen atoms in total. The van der Waals surface area contributed by atoms with Crippen LogP contribution in [-0.2, 0) is 4.74 Å². The lowest BCUT2D eigenvalue weighted by Gasteiger charge is -2.46. The Balaban J connectivity index is 1.44. The summed E-state index contributed by atoms with van der Waals surface area (Å²) < 4.78 is 6.33. The van der Waals surface area contributed by atoms with Gasteiger partial charge in [0.1, 0.15) is 5.69 Å². The lowest BCUT2D eigenvalue weighted by Crippen LogP contribution is -2.66. The highest BCUT2D eigenvalue weighted by Gasteiger charge is 2.55. The number of hydrogen-bond acceptors (Lipinski definition) is 7. The van der Waals surface area contributed by atoms with E-state index in [9.17, 15) is 14.7 Å².